The number of aryl methyl sites for hydroxylation is 1. The van der Waals surface area contributed by atoms with Crippen molar-refractivity contribution in [2.45, 2.75) is 19.2 Å². The lowest BCUT2D eigenvalue weighted by molar-refractivity contribution is 0.618. The molecule has 0 aliphatic rings. The number of hydrogen-bond donors (Lipinski definition) is 0. The molecule has 0 bridgehead atoms. The predicted molar refractivity (Wildman–Crippen MR) is 82.8 cm³/mol. The minimum atomic E-state index is -0.316. The van der Waals surface area contributed by atoms with E-state index in [9.17, 15) is 4.39 Å². The number of nitrogens with zero attached hydrogens (tertiary/aromatic N) is 3. The summed E-state index contributed by atoms with van der Waals surface area (Å²) in [5, 5.41) is 0.194. The fourth-order valence-electron chi connectivity index (χ4n) is 2.25. The number of imidazole rings is 1. The van der Waals surface area contributed by atoms with Gasteiger partial charge in [0.25, 0.3) is 0 Å². The Hall–Kier alpha value is -1.65. The van der Waals surface area contributed by atoms with E-state index in [-0.39, 0.29) is 11.2 Å². The van der Waals surface area contributed by atoms with Gasteiger partial charge >= 0.3 is 0 Å². The highest BCUT2D eigenvalue weighted by molar-refractivity contribution is 6.31. The second-order valence-electron chi connectivity index (χ2n) is 4.85. The summed E-state index contributed by atoms with van der Waals surface area (Å²) in [7, 11) is 0. The number of benzene rings is 1. The van der Waals surface area contributed by atoms with Gasteiger partial charge in [0.1, 0.15) is 17.2 Å². The zero-order chi connectivity index (χ0) is 15.1. The van der Waals surface area contributed by atoms with E-state index in [1.165, 1.54) is 6.07 Å². The fraction of sp³-hybridized carbons (Fsp3) is 0.200. The second kappa shape index (κ2) is 5.28. The Bertz CT molecular complexity index is 827. The molecule has 6 heteroatoms. The molecule has 0 saturated heterocycles. The molecular weight excluding hydrogens is 312 g/mol. The van der Waals surface area contributed by atoms with Gasteiger partial charge in [-0.1, -0.05) is 11.6 Å². The molecule has 3 aromatic rings. The summed E-state index contributed by atoms with van der Waals surface area (Å²) in [4.78, 5) is 8.82. The molecule has 2 heterocycles. The molecule has 1 atom stereocenters. The van der Waals surface area contributed by atoms with Crippen LogP contribution in [0.15, 0.2) is 30.5 Å². The van der Waals surface area contributed by atoms with E-state index in [1.807, 2.05) is 11.5 Å². The molecule has 3 rings (SSSR count). The Labute approximate surface area is 131 Å². The number of pyridine rings is 1. The third kappa shape index (κ3) is 2.49. The molecular formula is C15H12Cl2FN3. The molecule has 21 heavy (non-hydrogen) atoms. The van der Waals surface area contributed by atoms with Crippen LogP contribution in [-0.2, 0) is 0 Å². The molecule has 1 unspecified atom stereocenters. The molecule has 0 fully saturated rings. The van der Waals surface area contributed by atoms with Crippen molar-refractivity contribution in [3.63, 3.8) is 0 Å². The van der Waals surface area contributed by atoms with E-state index in [4.69, 9.17) is 23.2 Å². The number of hydrogen-bond acceptors (Lipinski definition) is 2. The molecule has 1 aromatic carbocycles. The number of alkyl halides is 1. The van der Waals surface area contributed by atoms with E-state index in [1.54, 1.807) is 31.3 Å². The standard InChI is InChI=1S/C15H12Cl2FN3/c1-8-5-11(3-4-12(8)18)21-14(9(2)16)20-13-6-10(17)7-19-15(13)21/h3-7,9H,1-2H3. The molecule has 0 aliphatic heterocycles. The molecule has 0 spiro atoms. The number of rotatable bonds is 2. The van der Waals surface area contributed by atoms with Crippen LogP contribution in [0.1, 0.15) is 23.7 Å². The molecule has 0 amide bonds. The lowest BCUT2D eigenvalue weighted by Gasteiger charge is -2.11. The van der Waals surface area contributed by atoms with Crippen LogP contribution in [0.5, 0.6) is 0 Å². The lowest BCUT2D eigenvalue weighted by Crippen LogP contribution is -2.03. The van der Waals surface area contributed by atoms with Crippen molar-refractivity contribution in [2.24, 2.45) is 0 Å². The molecule has 0 radical (unpaired) electrons. The zero-order valence-corrected chi connectivity index (χ0v) is 13.0. The first-order chi connectivity index (χ1) is 9.97. The lowest BCUT2D eigenvalue weighted by atomic mass is 10.2. The van der Waals surface area contributed by atoms with Gasteiger partial charge in [-0.25, -0.2) is 14.4 Å². The van der Waals surface area contributed by atoms with Gasteiger partial charge in [0.05, 0.1) is 10.4 Å². The summed E-state index contributed by atoms with van der Waals surface area (Å²) in [6.07, 6.45) is 1.56. The van der Waals surface area contributed by atoms with Crippen LogP contribution in [0.25, 0.3) is 16.9 Å². The highest BCUT2D eigenvalue weighted by atomic mass is 35.5. The van der Waals surface area contributed by atoms with E-state index in [2.05, 4.69) is 9.97 Å². The predicted octanol–water partition coefficient (Wildman–Crippen LogP) is 4.82. The number of halogens is 3. The van der Waals surface area contributed by atoms with Crippen LogP contribution in [0.3, 0.4) is 0 Å². The van der Waals surface area contributed by atoms with Crippen molar-refractivity contribution >= 4 is 34.4 Å². The molecule has 0 saturated carbocycles. The maximum Gasteiger partial charge on any atom is 0.164 e. The SMILES string of the molecule is Cc1cc(-n2c(C(C)Cl)nc3cc(Cl)cnc32)ccc1F. The van der Waals surface area contributed by atoms with Gasteiger partial charge in [0.15, 0.2) is 5.65 Å². The third-order valence-corrected chi connectivity index (χ3v) is 3.65. The minimum absolute atomic E-state index is 0.250. The second-order valence-corrected chi connectivity index (χ2v) is 5.94. The topological polar surface area (TPSA) is 30.7 Å². The zero-order valence-electron chi connectivity index (χ0n) is 11.4. The quantitative estimate of drug-likeness (QED) is 0.633. The summed E-state index contributed by atoms with van der Waals surface area (Å²) >= 11 is 12.2. The van der Waals surface area contributed by atoms with E-state index < -0.39 is 0 Å². The maximum atomic E-state index is 13.5. The Morgan fingerprint density at radius 3 is 2.71 bits per heavy atom. The smallest absolute Gasteiger partial charge is 0.164 e. The van der Waals surface area contributed by atoms with Gasteiger partial charge < -0.3 is 0 Å². The largest absolute Gasteiger partial charge is 0.279 e. The first-order valence-corrected chi connectivity index (χ1v) is 7.23. The van der Waals surface area contributed by atoms with Crippen LogP contribution in [0.2, 0.25) is 5.02 Å². The monoisotopic (exact) mass is 323 g/mol. The first-order valence-electron chi connectivity index (χ1n) is 6.42. The van der Waals surface area contributed by atoms with Gasteiger partial charge in [0.2, 0.25) is 0 Å². The van der Waals surface area contributed by atoms with Crippen LogP contribution in [0.4, 0.5) is 4.39 Å². The normalized spacial score (nSPS) is 12.8. The Kier molecular flexibility index (Phi) is 3.59. The molecule has 0 N–H and O–H groups in total. The van der Waals surface area contributed by atoms with Gasteiger partial charge in [-0.2, -0.15) is 0 Å². The van der Waals surface area contributed by atoms with E-state index in [0.717, 1.165) is 5.69 Å². The Balaban J connectivity index is 2.33. The number of fused-ring (bicyclic) bond motifs is 1. The highest BCUT2D eigenvalue weighted by Gasteiger charge is 2.18. The summed E-state index contributed by atoms with van der Waals surface area (Å²) in [6, 6.07) is 6.59. The Morgan fingerprint density at radius 2 is 2.05 bits per heavy atom. The van der Waals surface area contributed by atoms with E-state index in [0.29, 0.717) is 27.6 Å². The molecule has 0 aliphatic carbocycles. The van der Waals surface area contributed by atoms with Crippen molar-refractivity contribution in [2.75, 3.05) is 0 Å². The van der Waals surface area contributed by atoms with Crippen LogP contribution in [-0.4, -0.2) is 14.5 Å². The van der Waals surface area contributed by atoms with E-state index >= 15 is 0 Å². The average Bonchev–Trinajstić information content (AvgIpc) is 2.80. The highest BCUT2D eigenvalue weighted by Crippen LogP contribution is 2.28. The maximum absolute atomic E-state index is 13.5. The van der Waals surface area contributed by atoms with Gasteiger partial charge in [0, 0.05) is 11.9 Å². The van der Waals surface area contributed by atoms with Crippen molar-refractivity contribution in [1.29, 1.82) is 0 Å². The fourth-order valence-corrected chi connectivity index (χ4v) is 2.55. The van der Waals surface area contributed by atoms with Gasteiger partial charge in [-0.15, -0.1) is 11.6 Å². The van der Waals surface area contributed by atoms with Crippen LogP contribution < -0.4 is 0 Å². The minimum Gasteiger partial charge on any atom is -0.279 e. The van der Waals surface area contributed by atoms with Crippen molar-refractivity contribution in [3.8, 4) is 5.69 Å². The van der Waals surface area contributed by atoms with Crippen molar-refractivity contribution in [3.05, 3.63) is 52.7 Å². The third-order valence-electron chi connectivity index (χ3n) is 3.25. The van der Waals surface area contributed by atoms with Gasteiger partial charge in [-0.05, 0) is 43.7 Å². The average molecular weight is 324 g/mol. The first kappa shape index (κ1) is 14.3. The molecule has 3 nitrogen and oxygen atoms in total. The van der Waals surface area contributed by atoms with Crippen LogP contribution >= 0.6 is 23.2 Å². The molecule has 108 valence electrons. The van der Waals surface area contributed by atoms with Crippen LogP contribution in [0, 0.1) is 12.7 Å². The van der Waals surface area contributed by atoms with Crippen molar-refractivity contribution < 1.29 is 4.39 Å². The number of aromatic nitrogens is 3. The van der Waals surface area contributed by atoms with Crippen molar-refractivity contribution in [1.82, 2.24) is 14.5 Å². The summed E-state index contributed by atoms with van der Waals surface area (Å²) in [6.45, 7) is 3.54. The summed E-state index contributed by atoms with van der Waals surface area (Å²) < 4.78 is 15.3. The Morgan fingerprint density at radius 1 is 1.29 bits per heavy atom. The molecule has 2 aromatic heterocycles. The summed E-state index contributed by atoms with van der Waals surface area (Å²) in [5.74, 6) is 0.395. The van der Waals surface area contributed by atoms with Gasteiger partial charge in [-0.3, -0.25) is 4.57 Å². The summed E-state index contributed by atoms with van der Waals surface area (Å²) in [5.41, 5.74) is 2.63.